The number of primary amides is 1. The van der Waals surface area contributed by atoms with Crippen molar-refractivity contribution in [1.82, 2.24) is 0 Å². The van der Waals surface area contributed by atoms with Crippen LogP contribution in [0.2, 0.25) is 5.25 Å². The second-order valence-corrected chi connectivity index (χ2v) is 18.3. The molecule has 0 aliphatic rings. The summed E-state index contributed by atoms with van der Waals surface area (Å²) in [6, 6.07) is 0. The topological polar surface area (TPSA) is 43.1 Å². The number of carbonyl (C=O) groups excluding carboxylic acids is 1. The van der Waals surface area contributed by atoms with Crippen LogP contribution in [0.3, 0.4) is 0 Å². The zero-order chi connectivity index (χ0) is 7.49. The molecule has 9 heavy (non-hydrogen) atoms. The van der Waals surface area contributed by atoms with Crippen molar-refractivity contribution in [2.24, 2.45) is 5.73 Å². The Hall–Kier alpha value is 0.883. The Morgan fingerprint density at radius 2 is 1.89 bits per heavy atom. The molecule has 0 saturated heterocycles. The van der Waals surface area contributed by atoms with E-state index < -0.39 is 16.4 Å². The third kappa shape index (κ3) is 8.88. The normalized spacial score (nSPS) is 11.4. The second kappa shape index (κ2) is 3.91. The number of hydrogen-bond donors (Lipinski definition) is 1. The Morgan fingerprint density at radius 3 is 2.00 bits per heavy atom. The molecule has 0 radical (unpaired) electrons. The molecule has 0 aliphatic carbocycles. The van der Waals surface area contributed by atoms with Crippen LogP contribution in [-0.2, 0) is 4.79 Å². The Labute approximate surface area is 68.5 Å². The quantitative estimate of drug-likeness (QED) is 0.759. The van der Waals surface area contributed by atoms with Gasteiger partial charge in [0.2, 0.25) is 0 Å². The van der Waals surface area contributed by atoms with Crippen molar-refractivity contribution in [3.8, 4) is 0 Å². The molecule has 0 aromatic carbocycles. The van der Waals surface area contributed by atoms with E-state index in [4.69, 9.17) is 35.8 Å². The van der Waals surface area contributed by atoms with E-state index >= 15 is 0 Å². The molecule has 2 N–H and O–H groups in total. The van der Waals surface area contributed by atoms with Crippen molar-refractivity contribution in [3.05, 3.63) is 0 Å². The Balaban J connectivity index is 3.39. The van der Waals surface area contributed by atoms with Gasteiger partial charge < -0.3 is 0 Å². The molecule has 2 nitrogen and oxygen atoms in total. The third-order valence-electron chi connectivity index (χ3n) is 0.655. The van der Waals surface area contributed by atoms with E-state index in [0.717, 1.165) is 0 Å². The molecule has 0 unspecified atom stereocenters. The molecule has 0 rings (SSSR count). The van der Waals surface area contributed by atoms with Crippen molar-refractivity contribution >= 4 is 46.4 Å². The van der Waals surface area contributed by atoms with E-state index in [-0.39, 0.29) is 6.42 Å². The average molecular weight is 251 g/mol. The molecule has 0 spiro atoms. The second-order valence-electron chi connectivity index (χ2n) is 1.58. The van der Waals surface area contributed by atoms with Crippen LogP contribution in [0.25, 0.3) is 0 Å². The molecule has 0 aromatic heterocycles. The van der Waals surface area contributed by atoms with Crippen LogP contribution < -0.4 is 5.73 Å². The minimum absolute atomic E-state index is 0.191. The van der Waals surface area contributed by atoms with Crippen LogP contribution in [0.4, 0.5) is 0 Å². The van der Waals surface area contributed by atoms with Gasteiger partial charge in [0.05, 0.1) is 0 Å². The predicted octanol–water partition coefficient (Wildman–Crippen LogP) is 1.52. The molecule has 0 atom stereocenters. The van der Waals surface area contributed by atoms with E-state index in [0.29, 0.717) is 5.25 Å². The van der Waals surface area contributed by atoms with Crippen LogP contribution in [0, 0.1) is 0 Å². The number of carbonyl (C=O) groups is 1. The van der Waals surface area contributed by atoms with Crippen molar-refractivity contribution < 1.29 is 4.79 Å². The summed E-state index contributed by atoms with van der Waals surface area (Å²) in [7, 11) is 13.4. The first kappa shape index (κ1) is 9.88. The van der Waals surface area contributed by atoms with Gasteiger partial charge in [-0.1, -0.05) is 0 Å². The molecule has 6 heteroatoms. The van der Waals surface area contributed by atoms with Crippen molar-refractivity contribution in [2.45, 2.75) is 11.7 Å². The standard InChI is InChI=1S/C3H6Cl3GeNO/c4-7(5,6)2-1-3(8)9/h1-2H2,(H2,8,9). The summed E-state index contributed by atoms with van der Waals surface area (Å²) in [6.45, 7) is 0. The van der Waals surface area contributed by atoms with Crippen LogP contribution in [-0.4, -0.2) is 16.4 Å². The summed E-state index contributed by atoms with van der Waals surface area (Å²) < 4.78 is 0. The number of halogens is 3. The van der Waals surface area contributed by atoms with Gasteiger partial charge >= 0.3 is 68.6 Å². The predicted molar refractivity (Wildman–Crippen MR) is 41.9 cm³/mol. The number of nitrogens with two attached hydrogens (primary N) is 1. The molecule has 0 bridgehead atoms. The summed E-state index contributed by atoms with van der Waals surface area (Å²) in [5.74, 6) is -0.410. The van der Waals surface area contributed by atoms with Gasteiger partial charge in [-0.3, -0.25) is 0 Å². The summed E-state index contributed by atoms with van der Waals surface area (Å²) in [5.41, 5.74) is 4.81. The van der Waals surface area contributed by atoms with Gasteiger partial charge in [0.25, 0.3) is 0 Å². The summed E-state index contributed by atoms with van der Waals surface area (Å²) in [5, 5.41) is 0.361. The van der Waals surface area contributed by atoms with Crippen LogP contribution >= 0.6 is 30.0 Å². The molecule has 0 aliphatic heterocycles. The zero-order valence-corrected chi connectivity index (χ0v) is 8.90. The van der Waals surface area contributed by atoms with Crippen LogP contribution in [0.1, 0.15) is 6.42 Å². The molecular weight excluding hydrogens is 245 g/mol. The first-order chi connectivity index (χ1) is 3.92. The fraction of sp³-hybridized carbons (Fsp3) is 0.667. The van der Waals surface area contributed by atoms with Gasteiger partial charge in [-0.2, -0.15) is 0 Å². The van der Waals surface area contributed by atoms with E-state index in [1.54, 1.807) is 0 Å². The maximum absolute atomic E-state index is 10.1. The molecule has 0 saturated carbocycles. The molecule has 1 amide bonds. The number of hydrogen-bond acceptors (Lipinski definition) is 1. The number of amides is 1. The first-order valence-electron chi connectivity index (χ1n) is 2.27. The van der Waals surface area contributed by atoms with Gasteiger partial charge in [-0.15, -0.1) is 0 Å². The van der Waals surface area contributed by atoms with Gasteiger partial charge in [0.1, 0.15) is 0 Å². The maximum atomic E-state index is 10.1. The summed E-state index contributed by atoms with van der Waals surface area (Å²) >= 11 is 0. The Kier molecular flexibility index (Phi) is 4.29. The molecular formula is C3H6Cl3GeNO. The first-order valence-corrected chi connectivity index (χ1v) is 12.0. The molecule has 0 aromatic rings. The fourth-order valence-corrected chi connectivity index (χ4v) is 2.85. The SMILES string of the molecule is NC(=O)C[CH2][Ge]([Cl])([Cl])[Cl]. The molecule has 0 fully saturated rings. The summed E-state index contributed by atoms with van der Waals surface area (Å²) in [6.07, 6.45) is 0.191. The van der Waals surface area contributed by atoms with Crippen molar-refractivity contribution in [2.75, 3.05) is 0 Å². The fourth-order valence-electron chi connectivity index (χ4n) is 0.265. The monoisotopic (exact) mass is 251 g/mol. The zero-order valence-electron chi connectivity index (χ0n) is 4.53. The average Bonchev–Trinajstić information content (AvgIpc) is 1.59. The number of rotatable bonds is 3. The van der Waals surface area contributed by atoms with E-state index in [1.807, 2.05) is 0 Å². The van der Waals surface area contributed by atoms with E-state index in [2.05, 4.69) is 0 Å². The van der Waals surface area contributed by atoms with E-state index in [1.165, 1.54) is 0 Å². The van der Waals surface area contributed by atoms with Gasteiger partial charge in [0, 0.05) is 0 Å². The van der Waals surface area contributed by atoms with Crippen molar-refractivity contribution in [3.63, 3.8) is 0 Å². The van der Waals surface area contributed by atoms with Crippen LogP contribution in [0.15, 0.2) is 0 Å². The van der Waals surface area contributed by atoms with Crippen molar-refractivity contribution in [1.29, 1.82) is 0 Å². The molecule has 54 valence electrons. The van der Waals surface area contributed by atoms with Gasteiger partial charge in [-0.05, 0) is 0 Å². The minimum atomic E-state index is -3.04. The summed E-state index contributed by atoms with van der Waals surface area (Å²) in [4.78, 5) is 10.1. The molecule has 0 heterocycles. The van der Waals surface area contributed by atoms with Gasteiger partial charge in [0.15, 0.2) is 0 Å². The Bertz CT molecular complexity index is 112. The van der Waals surface area contributed by atoms with E-state index in [9.17, 15) is 4.79 Å². The third-order valence-corrected chi connectivity index (χ3v) is 5.31. The Morgan fingerprint density at radius 1 is 1.44 bits per heavy atom. The van der Waals surface area contributed by atoms with Crippen LogP contribution in [0.5, 0.6) is 0 Å². The van der Waals surface area contributed by atoms with Gasteiger partial charge in [-0.25, -0.2) is 0 Å².